The quantitative estimate of drug-likeness (QED) is 0.570. The minimum atomic E-state index is -0.807. The van der Waals surface area contributed by atoms with Gasteiger partial charge in [-0.25, -0.2) is 0 Å². The summed E-state index contributed by atoms with van der Waals surface area (Å²) in [6.07, 6.45) is 0. The van der Waals surface area contributed by atoms with Gasteiger partial charge in [0.2, 0.25) is 5.91 Å². The summed E-state index contributed by atoms with van der Waals surface area (Å²) >= 11 is 4.97. The lowest BCUT2D eigenvalue weighted by molar-refractivity contribution is -0.122. The van der Waals surface area contributed by atoms with E-state index in [1.54, 1.807) is 13.8 Å². The van der Waals surface area contributed by atoms with Crippen LogP contribution in [0.25, 0.3) is 0 Å². The van der Waals surface area contributed by atoms with E-state index in [4.69, 9.17) is 18.0 Å². The molecule has 0 saturated carbocycles. The number of amides is 1. The molecular weight excluding hydrogens is 186 g/mol. The molecule has 0 saturated heterocycles. The molecule has 0 aromatic heterocycles. The summed E-state index contributed by atoms with van der Waals surface area (Å²) in [6.45, 7) is 7.30. The molecule has 0 spiro atoms. The van der Waals surface area contributed by atoms with E-state index < -0.39 is 11.4 Å². The number of primary amides is 1. The first-order chi connectivity index (χ1) is 5.75. The van der Waals surface area contributed by atoms with Gasteiger partial charge in [-0.2, -0.15) is 0 Å². The summed E-state index contributed by atoms with van der Waals surface area (Å²) in [5, 5.41) is 6.24. The van der Waals surface area contributed by atoms with Gasteiger partial charge in [-0.05, 0) is 39.9 Å². The molecule has 1 amide bonds. The fourth-order valence-corrected chi connectivity index (χ4v) is 1.13. The van der Waals surface area contributed by atoms with Crippen LogP contribution in [0.3, 0.4) is 0 Å². The highest BCUT2D eigenvalue weighted by Crippen LogP contribution is 1.99. The fourth-order valence-electron chi connectivity index (χ4n) is 0.644. The van der Waals surface area contributed by atoms with E-state index >= 15 is 0 Å². The zero-order valence-corrected chi connectivity index (χ0v) is 9.29. The molecule has 0 heterocycles. The van der Waals surface area contributed by atoms with Crippen LogP contribution in [0.1, 0.15) is 27.7 Å². The molecule has 0 bridgehead atoms. The van der Waals surface area contributed by atoms with E-state index in [0.29, 0.717) is 5.11 Å². The van der Waals surface area contributed by atoms with Crippen molar-refractivity contribution in [2.45, 2.75) is 39.3 Å². The molecule has 4 N–H and O–H groups in total. The predicted octanol–water partition coefficient (Wildman–Crippen LogP) is 0.123. The number of thiocarbonyl (C=S) groups is 1. The smallest absolute Gasteiger partial charge is 0.242 e. The normalized spacial score (nSPS) is 11.2. The Bertz CT molecular complexity index is 213. The SMILES string of the molecule is CC(C)NC(=S)NC(C)(C)C(N)=O. The monoisotopic (exact) mass is 203 g/mol. The lowest BCUT2D eigenvalue weighted by Gasteiger charge is -2.25. The summed E-state index contributed by atoms with van der Waals surface area (Å²) in [4.78, 5) is 10.9. The Balaban J connectivity index is 4.12. The zero-order chi connectivity index (χ0) is 10.6. The highest BCUT2D eigenvalue weighted by atomic mass is 32.1. The zero-order valence-electron chi connectivity index (χ0n) is 8.47. The first-order valence-electron chi connectivity index (χ1n) is 4.14. The molecule has 0 unspecified atom stereocenters. The molecule has 0 fully saturated rings. The largest absolute Gasteiger partial charge is 0.368 e. The van der Waals surface area contributed by atoms with E-state index in [0.717, 1.165) is 0 Å². The van der Waals surface area contributed by atoms with Crippen molar-refractivity contribution in [3.8, 4) is 0 Å². The van der Waals surface area contributed by atoms with E-state index in [1.807, 2.05) is 13.8 Å². The highest BCUT2D eigenvalue weighted by Gasteiger charge is 2.25. The van der Waals surface area contributed by atoms with Crippen LogP contribution >= 0.6 is 12.2 Å². The van der Waals surface area contributed by atoms with Crippen molar-refractivity contribution >= 4 is 23.2 Å². The van der Waals surface area contributed by atoms with Crippen LogP contribution in [0.4, 0.5) is 0 Å². The van der Waals surface area contributed by atoms with Gasteiger partial charge in [0.05, 0.1) is 0 Å². The molecule has 4 nitrogen and oxygen atoms in total. The van der Waals surface area contributed by atoms with Gasteiger partial charge in [-0.1, -0.05) is 0 Å². The number of nitrogens with one attached hydrogen (secondary N) is 2. The first kappa shape index (κ1) is 12.2. The third-order valence-corrected chi connectivity index (χ3v) is 1.68. The molecule has 13 heavy (non-hydrogen) atoms. The average molecular weight is 203 g/mol. The summed E-state index contributed by atoms with van der Waals surface area (Å²) in [6, 6.07) is 0.240. The van der Waals surface area contributed by atoms with Crippen molar-refractivity contribution in [1.29, 1.82) is 0 Å². The number of hydrogen-bond acceptors (Lipinski definition) is 2. The molecule has 5 heteroatoms. The van der Waals surface area contributed by atoms with Gasteiger partial charge in [-0.15, -0.1) is 0 Å². The van der Waals surface area contributed by atoms with Crippen LogP contribution in [-0.2, 0) is 4.79 Å². The Morgan fingerprint density at radius 2 is 1.92 bits per heavy atom. The van der Waals surface area contributed by atoms with Gasteiger partial charge in [-0.3, -0.25) is 4.79 Å². The maximum Gasteiger partial charge on any atom is 0.242 e. The average Bonchev–Trinajstić information content (AvgIpc) is 1.82. The molecule has 0 aliphatic rings. The lowest BCUT2D eigenvalue weighted by atomic mass is 10.1. The maximum atomic E-state index is 10.9. The van der Waals surface area contributed by atoms with Crippen molar-refractivity contribution in [2.75, 3.05) is 0 Å². The third kappa shape index (κ3) is 4.67. The van der Waals surface area contributed by atoms with Crippen molar-refractivity contribution in [3.63, 3.8) is 0 Å². The number of nitrogens with two attached hydrogens (primary N) is 1. The van der Waals surface area contributed by atoms with Crippen LogP contribution in [0, 0.1) is 0 Å². The van der Waals surface area contributed by atoms with Crippen LogP contribution in [0.5, 0.6) is 0 Å². The number of carbonyl (C=O) groups excluding carboxylic acids is 1. The maximum absolute atomic E-state index is 10.9. The summed E-state index contributed by atoms with van der Waals surface area (Å²) in [7, 11) is 0. The van der Waals surface area contributed by atoms with Gasteiger partial charge >= 0.3 is 0 Å². The molecular formula is C8H17N3OS. The van der Waals surface area contributed by atoms with Gasteiger partial charge < -0.3 is 16.4 Å². The molecule has 0 aromatic rings. The van der Waals surface area contributed by atoms with E-state index in [9.17, 15) is 4.79 Å². The number of carbonyl (C=O) groups is 1. The van der Waals surface area contributed by atoms with Gasteiger partial charge in [0.15, 0.2) is 5.11 Å². The van der Waals surface area contributed by atoms with E-state index in [-0.39, 0.29) is 6.04 Å². The van der Waals surface area contributed by atoms with Crippen molar-refractivity contribution in [3.05, 3.63) is 0 Å². The van der Waals surface area contributed by atoms with E-state index in [2.05, 4.69) is 10.6 Å². The number of hydrogen-bond donors (Lipinski definition) is 3. The van der Waals surface area contributed by atoms with Crippen LogP contribution in [0.15, 0.2) is 0 Å². The van der Waals surface area contributed by atoms with Crippen LogP contribution in [-0.4, -0.2) is 22.6 Å². The van der Waals surface area contributed by atoms with Crippen molar-refractivity contribution < 1.29 is 4.79 Å². The predicted molar refractivity (Wildman–Crippen MR) is 57.3 cm³/mol. The number of rotatable bonds is 3. The minimum absolute atomic E-state index is 0.240. The second-order valence-electron chi connectivity index (χ2n) is 3.74. The van der Waals surface area contributed by atoms with Crippen LogP contribution < -0.4 is 16.4 Å². The Kier molecular flexibility index (Phi) is 4.13. The Labute approximate surface area is 84.3 Å². The lowest BCUT2D eigenvalue weighted by Crippen LogP contribution is -2.56. The van der Waals surface area contributed by atoms with Crippen molar-refractivity contribution in [2.24, 2.45) is 5.73 Å². The summed E-state index contributed by atoms with van der Waals surface area (Å²) < 4.78 is 0. The molecule has 0 aliphatic heterocycles. The minimum Gasteiger partial charge on any atom is -0.368 e. The van der Waals surface area contributed by atoms with Crippen molar-refractivity contribution in [1.82, 2.24) is 10.6 Å². The molecule has 0 aromatic carbocycles. The van der Waals surface area contributed by atoms with Gasteiger partial charge in [0, 0.05) is 6.04 Å². The second-order valence-corrected chi connectivity index (χ2v) is 4.15. The third-order valence-electron chi connectivity index (χ3n) is 1.46. The Morgan fingerprint density at radius 3 is 2.23 bits per heavy atom. The molecule has 0 aliphatic carbocycles. The Hall–Kier alpha value is -0.840. The summed E-state index contributed by atoms with van der Waals surface area (Å²) in [5.74, 6) is -0.430. The standard InChI is InChI=1S/C8H17N3OS/c1-5(2)10-7(13)11-8(3,4)6(9)12/h5H,1-4H3,(H2,9,12)(H2,10,11,13). The van der Waals surface area contributed by atoms with Gasteiger partial charge in [0.25, 0.3) is 0 Å². The fraction of sp³-hybridized carbons (Fsp3) is 0.750. The molecule has 0 radical (unpaired) electrons. The van der Waals surface area contributed by atoms with E-state index in [1.165, 1.54) is 0 Å². The highest BCUT2D eigenvalue weighted by molar-refractivity contribution is 7.80. The summed E-state index contributed by atoms with van der Waals surface area (Å²) in [5.41, 5.74) is 4.35. The Morgan fingerprint density at radius 1 is 1.46 bits per heavy atom. The molecule has 76 valence electrons. The molecule has 0 rings (SSSR count). The topological polar surface area (TPSA) is 67.2 Å². The van der Waals surface area contributed by atoms with Crippen LogP contribution in [0.2, 0.25) is 0 Å². The first-order valence-corrected chi connectivity index (χ1v) is 4.55. The molecule has 0 atom stereocenters. The van der Waals surface area contributed by atoms with Gasteiger partial charge in [0.1, 0.15) is 5.54 Å². The second kappa shape index (κ2) is 4.41.